The average Bonchev–Trinajstić information content (AvgIpc) is 3.67. The number of aromatic carboxylic acids is 1. The molecule has 6 rings (SSSR count). The smallest absolute Gasteiger partial charge is 0.335 e. The molecular weight excluding hydrogens is 536 g/mol. The van der Waals surface area contributed by atoms with E-state index in [9.17, 15) is 14.7 Å². The first kappa shape index (κ1) is 26.7. The SMILES string of the molecule is CN=CCN(N)c1ccc(-c2ccc(-c3cc4c(cc3Cl)NC(=O)C43CC3c3ccc(C)c(C(=O)O)c3)cc2)cc1. The molecule has 0 saturated heterocycles. The third kappa shape index (κ3) is 4.57. The summed E-state index contributed by atoms with van der Waals surface area (Å²) in [6.45, 7) is 2.31. The number of aryl methyl sites for hydroxylation is 1. The number of benzene rings is 4. The summed E-state index contributed by atoms with van der Waals surface area (Å²) in [6.07, 6.45) is 2.38. The van der Waals surface area contributed by atoms with Crippen LogP contribution in [0.5, 0.6) is 0 Å². The van der Waals surface area contributed by atoms with Crippen LogP contribution in [0.15, 0.2) is 83.9 Å². The molecule has 7 nitrogen and oxygen atoms in total. The second kappa shape index (κ2) is 10.2. The first-order chi connectivity index (χ1) is 19.7. The van der Waals surface area contributed by atoms with Crippen molar-refractivity contribution in [1.82, 2.24) is 0 Å². The van der Waals surface area contributed by atoms with Crippen LogP contribution in [0.25, 0.3) is 22.3 Å². The van der Waals surface area contributed by atoms with Crippen LogP contribution in [0.2, 0.25) is 5.02 Å². The first-order valence-electron chi connectivity index (χ1n) is 13.4. The molecule has 1 heterocycles. The molecule has 2 atom stereocenters. The van der Waals surface area contributed by atoms with E-state index in [0.717, 1.165) is 39.1 Å². The molecule has 4 aromatic carbocycles. The van der Waals surface area contributed by atoms with Crippen molar-refractivity contribution in [2.24, 2.45) is 10.8 Å². The number of hydrazine groups is 1. The van der Waals surface area contributed by atoms with Crippen LogP contribution < -0.4 is 16.2 Å². The van der Waals surface area contributed by atoms with Crippen LogP contribution in [0.3, 0.4) is 0 Å². The fourth-order valence-electron chi connectivity index (χ4n) is 5.89. The van der Waals surface area contributed by atoms with Crippen molar-refractivity contribution in [2.75, 3.05) is 23.9 Å². The van der Waals surface area contributed by atoms with Gasteiger partial charge in [-0.1, -0.05) is 60.1 Å². The Morgan fingerprint density at radius 2 is 1.73 bits per heavy atom. The zero-order valence-corrected chi connectivity index (χ0v) is 23.4. The molecule has 1 amide bonds. The van der Waals surface area contributed by atoms with Crippen molar-refractivity contribution in [1.29, 1.82) is 0 Å². The number of carboxylic acid groups (broad SMARTS) is 1. The lowest BCUT2D eigenvalue weighted by atomic mass is 9.89. The Labute approximate surface area is 243 Å². The fraction of sp³-hybridized carbons (Fsp3) is 0.182. The van der Waals surface area contributed by atoms with Gasteiger partial charge in [-0.25, -0.2) is 10.6 Å². The molecule has 41 heavy (non-hydrogen) atoms. The lowest BCUT2D eigenvalue weighted by Crippen LogP contribution is -2.32. The van der Waals surface area contributed by atoms with Crippen molar-refractivity contribution >= 4 is 41.1 Å². The van der Waals surface area contributed by atoms with Crippen molar-refractivity contribution in [2.45, 2.75) is 24.7 Å². The summed E-state index contributed by atoms with van der Waals surface area (Å²) in [4.78, 5) is 29.0. The maximum atomic E-state index is 13.3. The number of nitrogens with zero attached hydrogens (tertiary/aromatic N) is 2. The summed E-state index contributed by atoms with van der Waals surface area (Å²) in [7, 11) is 1.72. The Bertz CT molecular complexity index is 1720. The number of nitrogens with one attached hydrogen (secondary N) is 1. The second-order valence-corrected chi connectivity index (χ2v) is 11.1. The van der Waals surface area contributed by atoms with Gasteiger partial charge in [-0.3, -0.25) is 9.79 Å². The molecule has 0 aromatic heterocycles. The summed E-state index contributed by atoms with van der Waals surface area (Å²) >= 11 is 6.73. The van der Waals surface area contributed by atoms with Gasteiger partial charge in [-0.15, -0.1) is 0 Å². The highest BCUT2D eigenvalue weighted by molar-refractivity contribution is 6.34. The molecule has 2 aliphatic rings. The molecular formula is C33H29ClN4O3. The Balaban J connectivity index is 1.29. The molecule has 4 N–H and O–H groups in total. The van der Waals surface area contributed by atoms with Crippen LogP contribution in [0.1, 0.15) is 39.4 Å². The number of fused-ring (bicyclic) bond motifs is 2. The number of anilines is 2. The molecule has 8 heteroatoms. The molecule has 1 aliphatic carbocycles. The topological polar surface area (TPSA) is 108 Å². The molecule has 2 unspecified atom stereocenters. The summed E-state index contributed by atoms with van der Waals surface area (Å²) < 4.78 is 0. The molecule has 1 spiro atoms. The first-order valence-corrected chi connectivity index (χ1v) is 13.7. The van der Waals surface area contributed by atoms with E-state index in [1.807, 2.05) is 60.7 Å². The highest BCUT2D eigenvalue weighted by atomic mass is 35.5. The molecule has 0 bridgehead atoms. The van der Waals surface area contributed by atoms with Gasteiger partial charge in [0, 0.05) is 30.4 Å². The summed E-state index contributed by atoms with van der Waals surface area (Å²) in [5.41, 5.74) is 7.53. The minimum absolute atomic E-state index is 0.0695. The lowest BCUT2D eigenvalue weighted by molar-refractivity contribution is -0.118. The van der Waals surface area contributed by atoms with Gasteiger partial charge in [0.15, 0.2) is 0 Å². The maximum Gasteiger partial charge on any atom is 0.335 e. The normalized spacial score (nSPS) is 18.9. The number of rotatable bonds is 7. The van der Waals surface area contributed by atoms with E-state index in [-0.39, 0.29) is 17.4 Å². The molecule has 1 saturated carbocycles. The highest BCUT2D eigenvalue weighted by Crippen LogP contribution is 2.65. The third-order valence-corrected chi connectivity index (χ3v) is 8.60. The van der Waals surface area contributed by atoms with Crippen molar-refractivity contribution in [3.63, 3.8) is 0 Å². The van der Waals surface area contributed by atoms with Crippen LogP contribution in [-0.4, -0.2) is 36.8 Å². The summed E-state index contributed by atoms with van der Waals surface area (Å²) in [5, 5.41) is 14.8. The van der Waals surface area contributed by atoms with Gasteiger partial charge in [0.05, 0.1) is 28.2 Å². The second-order valence-electron chi connectivity index (χ2n) is 10.7. The monoisotopic (exact) mass is 564 g/mol. The quantitative estimate of drug-likeness (QED) is 0.136. The van der Waals surface area contributed by atoms with Gasteiger partial charge in [-0.05, 0) is 77.1 Å². The predicted molar refractivity (Wildman–Crippen MR) is 164 cm³/mol. The fourth-order valence-corrected chi connectivity index (χ4v) is 6.16. The Morgan fingerprint density at radius 3 is 2.39 bits per heavy atom. The van der Waals surface area contributed by atoms with E-state index in [4.69, 9.17) is 17.4 Å². The van der Waals surface area contributed by atoms with Crippen molar-refractivity contribution in [3.8, 4) is 22.3 Å². The maximum absolute atomic E-state index is 13.3. The zero-order valence-electron chi connectivity index (χ0n) is 22.7. The van der Waals surface area contributed by atoms with Crippen LogP contribution in [0.4, 0.5) is 11.4 Å². The molecule has 1 aliphatic heterocycles. The Morgan fingerprint density at radius 1 is 1.07 bits per heavy atom. The molecule has 1 fully saturated rings. The zero-order chi connectivity index (χ0) is 28.9. The Hall–Kier alpha value is -4.46. The number of nitrogens with two attached hydrogens (primary N) is 1. The van der Waals surface area contributed by atoms with E-state index in [0.29, 0.717) is 29.2 Å². The van der Waals surface area contributed by atoms with Gasteiger partial charge < -0.3 is 15.4 Å². The van der Waals surface area contributed by atoms with E-state index in [1.54, 1.807) is 31.3 Å². The third-order valence-electron chi connectivity index (χ3n) is 8.29. The number of carbonyl (C=O) groups excluding carboxylic acids is 1. The van der Waals surface area contributed by atoms with Crippen LogP contribution in [-0.2, 0) is 10.2 Å². The number of carbonyl (C=O) groups is 2. The number of amides is 1. The number of hydrogen-bond donors (Lipinski definition) is 3. The lowest BCUT2D eigenvalue weighted by Gasteiger charge is -2.16. The number of aliphatic imine (C=N–C) groups is 1. The van der Waals surface area contributed by atoms with E-state index in [1.165, 1.54) is 0 Å². The number of hydrogen-bond acceptors (Lipinski definition) is 5. The number of halogens is 1. The summed E-state index contributed by atoms with van der Waals surface area (Å²) in [5.74, 6) is 4.95. The largest absolute Gasteiger partial charge is 0.478 e. The van der Waals surface area contributed by atoms with E-state index in [2.05, 4.69) is 22.4 Å². The van der Waals surface area contributed by atoms with Gasteiger partial charge in [-0.2, -0.15) is 0 Å². The molecule has 4 aromatic rings. The number of carboxylic acids is 1. The van der Waals surface area contributed by atoms with Crippen LogP contribution >= 0.6 is 11.6 Å². The van der Waals surface area contributed by atoms with Crippen molar-refractivity contribution in [3.05, 3.63) is 106 Å². The van der Waals surface area contributed by atoms with E-state index >= 15 is 0 Å². The average molecular weight is 565 g/mol. The summed E-state index contributed by atoms with van der Waals surface area (Å²) in [6, 6.07) is 25.5. The minimum atomic E-state index is -0.966. The minimum Gasteiger partial charge on any atom is -0.478 e. The Kier molecular flexibility index (Phi) is 6.64. The van der Waals surface area contributed by atoms with Gasteiger partial charge in [0.1, 0.15) is 0 Å². The van der Waals surface area contributed by atoms with Gasteiger partial charge in [0.2, 0.25) is 5.91 Å². The van der Waals surface area contributed by atoms with Crippen LogP contribution in [0, 0.1) is 6.92 Å². The molecule has 0 radical (unpaired) electrons. The van der Waals surface area contributed by atoms with Crippen molar-refractivity contribution < 1.29 is 14.7 Å². The highest BCUT2D eigenvalue weighted by Gasteiger charge is 2.65. The van der Waals surface area contributed by atoms with Gasteiger partial charge in [0.25, 0.3) is 0 Å². The van der Waals surface area contributed by atoms with E-state index < -0.39 is 11.4 Å². The standard InChI is InChI=1S/C33H29ClN4O3/c1-19-3-4-23(15-25(19)31(39)40)28-18-33(28)27-16-26(29(34)17-30(27)37-32(33)41)22-7-5-20(6-8-22)21-9-11-24(12-10-21)38(35)14-13-36-2/h3-13,15-17,28H,14,18,35H2,1-2H3,(H,37,41)(H,39,40). The van der Waals surface area contributed by atoms with Gasteiger partial charge >= 0.3 is 5.97 Å². The molecule has 206 valence electrons. The predicted octanol–water partition coefficient (Wildman–Crippen LogP) is 6.44.